The van der Waals surface area contributed by atoms with Crippen molar-refractivity contribution in [3.8, 4) is 11.1 Å². The molecule has 1 amide bonds. The maximum atomic E-state index is 11.9. The molecule has 0 aliphatic heterocycles. The van der Waals surface area contributed by atoms with Crippen LogP contribution in [-0.2, 0) is 0 Å². The molecule has 3 rings (SSSR count). The molecule has 0 radical (unpaired) electrons. The average molecular weight is 290 g/mol. The molecule has 0 fully saturated rings. The molecule has 1 aromatic heterocycles. The summed E-state index contributed by atoms with van der Waals surface area (Å²) in [5.74, 6) is -0.711. The summed E-state index contributed by atoms with van der Waals surface area (Å²) in [6.45, 7) is 0. The molecular formula is C17H14N4O. The Balaban J connectivity index is 2.12. The Morgan fingerprint density at radius 2 is 1.77 bits per heavy atom. The van der Waals surface area contributed by atoms with E-state index in [1.165, 1.54) is 0 Å². The van der Waals surface area contributed by atoms with E-state index in [4.69, 9.17) is 11.5 Å². The van der Waals surface area contributed by atoms with Crippen LogP contribution < -0.4 is 11.5 Å². The Morgan fingerprint density at radius 3 is 2.59 bits per heavy atom. The molecule has 0 unspecified atom stereocenters. The number of benzene rings is 2. The summed E-state index contributed by atoms with van der Waals surface area (Å²) in [4.78, 5) is 19.9. The van der Waals surface area contributed by atoms with Gasteiger partial charge in [-0.3, -0.25) is 9.78 Å². The van der Waals surface area contributed by atoms with E-state index >= 15 is 0 Å². The number of amides is 1. The third-order valence-electron chi connectivity index (χ3n) is 3.28. The number of para-hydroxylation sites is 1. The highest BCUT2D eigenvalue weighted by Crippen LogP contribution is 2.27. The van der Waals surface area contributed by atoms with Gasteiger partial charge in [0.25, 0.3) is 5.91 Å². The smallest absolute Gasteiger partial charge is 0.280 e. The zero-order chi connectivity index (χ0) is 15.5. The van der Waals surface area contributed by atoms with Crippen LogP contribution in [0.2, 0.25) is 0 Å². The average Bonchev–Trinajstić information content (AvgIpc) is 2.54. The maximum absolute atomic E-state index is 11.9. The second kappa shape index (κ2) is 5.65. The third kappa shape index (κ3) is 2.64. The summed E-state index contributed by atoms with van der Waals surface area (Å²) in [6.07, 6.45) is 1.75. The van der Waals surface area contributed by atoms with Crippen molar-refractivity contribution in [1.29, 1.82) is 0 Å². The quantitative estimate of drug-likeness (QED) is 0.559. The number of hydrogen-bond donors (Lipinski definition) is 2. The Hall–Kier alpha value is -3.21. The summed E-state index contributed by atoms with van der Waals surface area (Å²) >= 11 is 0. The van der Waals surface area contributed by atoms with Gasteiger partial charge in [-0.1, -0.05) is 36.4 Å². The van der Waals surface area contributed by atoms with E-state index in [2.05, 4.69) is 9.98 Å². The Labute approximate surface area is 127 Å². The van der Waals surface area contributed by atoms with Crippen LogP contribution in [0.4, 0.5) is 0 Å². The molecule has 108 valence electrons. The van der Waals surface area contributed by atoms with Crippen LogP contribution in [0, 0.1) is 0 Å². The van der Waals surface area contributed by atoms with Crippen molar-refractivity contribution >= 4 is 22.8 Å². The van der Waals surface area contributed by atoms with Gasteiger partial charge in [0.2, 0.25) is 0 Å². The standard InChI is InChI=1S/C17H14N4O/c18-17(19)21-16(22)13-6-1-5-12(10-13)14-8-2-4-11-7-3-9-20-15(11)14/h1-10H,(H4,18,19,21,22). The second-order valence-corrected chi connectivity index (χ2v) is 4.80. The first kappa shape index (κ1) is 13.8. The van der Waals surface area contributed by atoms with E-state index in [0.717, 1.165) is 22.0 Å². The van der Waals surface area contributed by atoms with Gasteiger partial charge < -0.3 is 11.5 Å². The molecule has 1 heterocycles. The third-order valence-corrected chi connectivity index (χ3v) is 3.28. The van der Waals surface area contributed by atoms with Crippen molar-refractivity contribution in [3.05, 3.63) is 66.4 Å². The van der Waals surface area contributed by atoms with E-state index in [1.807, 2.05) is 36.4 Å². The molecule has 0 aliphatic carbocycles. The number of nitrogens with zero attached hydrogens (tertiary/aromatic N) is 2. The minimum absolute atomic E-state index is 0.248. The molecule has 0 saturated carbocycles. The molecule has 0 saturated heterocycles. The van der Waals surface area contributed by atoms with E-state index in [0.29, 0.717) is 5.56 Å². The van der Waals surface area contributed by atoms with Crippen LogP contribution in [-0.4, -0.2) is 16.9 Å². The Kier molecular flexibility index (Phi) is 3.53. The Bertz CT molecular complexity index is 877. The number of guanidine groups is 1. The number of aliphatic imine (C=N–C) groups is 1. The number of hydrogen-bond acceptors (Lipinski definition) is 2. The highest BCUT2D eigenvalue weighted by molar-refractivity contribution is 6.03. The SMILES string of the molecule is NC(N)=NC(=O)c1cccc(-c2cccc3cccnc23)c1. The van der Waals surface area contributed by atoms with Gasteiger partial charge in [0.05, 0.1) is 5.52 Å². The molecule has 4 N–H and O–H groups in total. The minimum atomic E-state index is -0.463. The maximum Gasteiger partial charge on any atom is 0.280 e. The molecule has 5 heteroatoms. The number of carbonyl (C=O) groups excluding carboxylic acids is 1. The zero-order valence-corrected chi connectivity index (χ0v) is 11.7. The van der Waals surface area contributed by atoms with Gasteiger partial charge in [-0.15, -0.1) is 0 Å². The molecule has 3 aromatic rings. The van der Waals surface area contributed by atoms with Gasteiger partial charge in [-0.2, -0.15) is 4.99 Å². The lowest BCUT2D eigenvalue weighted by Crippen LogP contribution is -2.24. The highest BCUT2D eigenvalue weighted by atomic mass is 16.1. The number of nitrogens with two attached hydrogens (primary N) is 2. The number of pyridine rings is 1. The predicted molar refractivity (Wildman–Crippen MR) is 87.3 cm³/mol. The van der Waals surface area contributed by atoms with E-state index in [-0.39, 0.29) is 5.96 Å². The second-order valence-electron chi connectivity index (χ2n) is 4.80. The highest BCUT2D eigenvalue weighted by Gasteiger charge is 2.09. The van der Waals surface area contributed by atoms with Crippen molar-refractivity contribution in [1.82, 2.24) is 4.98 Å². The van der Waals surface area contributed by atoms with Gasteiger partial charge in [-0.25, -0.2) is 0 Å². The molecule has 2 aromatic carbocycles. The number of carbonyl (C=O) groups is 1. The largest absolute Gasteiger partial charge is 0.370 e. The van der Waals surface area contributed by atoms with Crippen molar-refractivity contribution in [2.24, 2.45) is 16.5 Å². The van der Waals surface area contributed by atoms with Crippen molar-refractivity contribution < 1.29 is 4.79 Å². The molecule has 0 spiro atoms. The first-order chi connectivity index (χ1) is 10.6. The lowest BCUT2D eigenvalue weighted by Gasteiger charge is -2.07. The summed E-state index contributed by atoms with van der Waals surface area (Å²) in [5, 5.41) is 1.04. The van der Waals surface area contributed by atoms with E-state index in [9.17, 15) is 4.79 Å². The summed E-state index contributed by atoms with van der Waals surface area (Å²) in [7, 11) is 0. The summed E-state index contributed by atoms with van der Waals surface area (Å²) in [6, 6.07) is 17.0. The molecule has 0 atom stereocenters. The normalized spacial score (nSPS) is 10.4. The van der Waals surface area contributed by atoms with Crippen LogP contribution in [0.25, 0.3) is 22.0 Å². The van der Waals surface area contributed by atoms with Gasteiger partial charge in [0.1, 0.15) is 0 Å². The fraction of sp³-hybridized carbons (Fsp3) is 0. The van der Waals surface area contributed by atoms with E-state index in [1.54, 1.807) is 24.4 Å². The molecule has 0 aliphatic rings. The summed E-state index contributed by atoms with van der Waals surface area (Å²) < 4.78 is 0. The monoisotopic (exact) mass is 290 g/mol. The predicted octanol–water partition coefficient (Wildman–Crippen LogP) is 2.32. The van der Waals surface area contributed by atoms with Crippen molar-refractivity contribution in [2.75, 3.05) is 0 Å². The zero-order valence-electron chi connectivity index (χ0n) is 11.7. The van der Waals surface area contributed by atoms with Crippen LogP contribution >= 0.6 is 0 Å². The first-order valence-electron chi connectivity index (χ1n) is 6.73. The molecule has 5 nitrogen and oxygen atoms in total. The number of fused-ring (bicyclic) bond motifs is 1. The van der Waals surface area contributed by atoms with Gasteiger partial charge in [0, 0.05) is 22.7 Å². The van der Waals surface area contributed by atoms with Gasteiger partial charge >= 0.3 is 0 Å². The van der Waals surface area contributed by atoms with Crippen LogP contribution in [0.15, 0.2) is 65.8 Å². The number of aromatic nitrogens is 1. The first-order valence-corrected chi connectivity index (χ1v) is 6.73. The molecule has 0 bridgehead atoms. The van der Waals surface area contributed by atoms with Crippen LogP contribution in [0.1, 0.15) is 10.4 Å². The fourth-order valence-corrected chi connectivity index (χ4v) is 2.34. The molecular weight excluding hydrogens is 276 g/mol. The summed E-state index contributed by atoms with van der Waals surface area (Å²) in [5.41, 5.74) is 13.7. The van der Waals surface area contributed by atoms with Gasteiger partial charge in [-0.05, 0) is 23.8 Å². The van der Waals surface area contributed by atoms with Gasteiger partial charge in [0.15, 0.2) is 5.96 Å². The lowest BCUT2D eigenvalue weighted by molar-refractivity contribution is 0.100. The topological polar surface area (TPSA) is 94.4 Å². The van der Waals surface area contributed by atoms with Crippen LogP contribution in [0.5, 0.6) is 0 Å². The fourth-order valence-electron chi connectivity index (χ4n) is 2.34. The molecule has 22 heavy (non-hydrogen) atoms. The number of rotatable bonds is 2. The van der Waals surface area contributed by atoms with Crippen molar-refractivity contribution in [3.63, 3.8) is 0 Å². The minimum Gasteiger partial charge on any atom is -0.370 e. The van der Waals surface area contributed by atoms with Crippen LogP contribution in [0.3, 0.4) is 0 Å². The van der Waals surface area contributed by atoms with Crippen molar-refractivity contribution in [2.45, 2.75) is 0 Å². The lowest BCUT2D eigenvalue weighted by atomic mass is 10.00. The Morgan fingerprint density at radius 1 is 1.00 bits per heavy atom. The van der Waals surface area contributed by atoms with E-state index < -0.39 is 5.91 Å².